The van der Waals surface area contributed by atoms with Crippen molar-refractivity contribution in [2.24, 2.45) is 5.92 Å². The highest BCUT2D eigenvalue weighted by Crippen LogP contribution is 2.37. The van der Waals surface area contributed by atoms with Crippen LogP contribution >= 0.6 is 0 Å². The van der Waals surface area contributed by atoms with Crippen molar-refractivity contribution in [2.45, 2.75) is 44.3 Å². The number of halogens is 3. The Hall–Kier alpha value is -1.23. The van der Waals surface area contributed by atoms with Gasteiger partial charge in [-0.1, -0.05) is 24.6 Å². The average Bonchev–Trinajstić information content (AvgIpc) is 2.47. The predicted octanol–water partition coefficient (Wildman–Crippen LogP) is 3.95. The third-order valence-corrected chi connectivity index (χ3v) is 4.16. The van der Waals surface area contributed by atoms with Gasteiger partial charge in [0.25, 0.3) is 0 Å². The maximum atomic E-state index is 12.8. The SMILES string of the molecule is COc1ccccc1CCNC1CCCC(C(F)(F)F)C1. The molecule has 1 aromatic rings. The van der Waals surface area contributed by atoms with E-state index in [4.69, 9.17) is 4.74 Å². The van der Waals surface area contributed by atoms with Gasteiger partial charge in [0.05, 0.1) is 13.0 Å². The summed E-state index contributed by atoms with van der Waals surface area (Å²) >= 11 is 0. The molecule has 1 aliphatic rings. The molecule has 1 aromatic carbocycles. The number of para-hydroxylation sites is 1. The second-order valence-corrected chi connectivity index (χ2v) is 5.62. The molecule has 0 heterocycles. The summed E-state index contributed by atoms with van der Waals surface area (Å²) in [6.45, 7) is 0.676. The van der Waals surface area contributed by atoms with Gasteiger partial charge in [-0.05, 0) is 43.9 Å². The molecule has 0 bridgehead atoms. The Morgan fingerprint density at radius 1 is 1.24 bits per heavy atom. The molecule has 1 saturated carbocycles. The first-order chi connectivity index (χ1) is 10.0. The van der Waals surface area contributed by atoms with E-state index in [1.807, 2.05) is 24.3 Å². The van der Waals surface area contributed by atoms with Crippen LogP contribution in [-0.4, -0.2) is 25.9 Å². The van der Waals surface area contributed by atoms with Crippen LogP contribution in [0.3, 0.4) is 0 Å². The van der Waals surface area contributed by atoms with Crippen LogP contribution in [0.1, 0.15) is 31.2 Å². The van der Waals surface area contributed by atoms with Crippen molar-refractivity contribution in [1.82, 2.24) is 5.32 Å². The fourth-order valence-corrected chi connectivity index (χ4v) is 2.99. The topological polar surface area (TPSA) is 21.3 Å². The summed E-state index contributed by atoms with van der Waals surface area (Å²) in [6, 6.07) is 7.71. The number of alkyl halides is 3. The maximum Gasteiger partial charge on any atom is 0.391 e. The van der Waals surface area contributed by atoms with Crippen molar-refractivity contribution in [3.8, 4) is 5.75 Å². The molecule has 5 heteroatoms. The molecular formula is C16H22F3NO. The molecule has 2 nitrogen and oxygen atoms in total. The summed E-state index contributed by atoms with van der Waals surface area (Å²) < 4.78 is 43.5. The Labute approximate surface area is 123 Å². The number of hydrogen-bond acceptors (Lipinski definition) is 2. The summed E-state index contributed by atoms with van der Waals surface area (Å²) in [5.74, 6) is -0.314. The zero-order chi connectivity index (χ0) is 15.3. The highest BCUT2D eigenvalue weighted by molar-refractivity contribution is 5.33. The zero-order valence-corrected chi connectivity index (χ0v) is 12.2. The van der Waals surface area contributed by atoms with Crippen molar-refractivity contribution in [3.05, 3.63) is 29.8 Å². The fraction of sp³-hybridized carbons (Fsp3) is 0.625. The lowest BCUT2D eigenvalue weighted by atomic mass is 9.85. The molecule has 118 valence electrons. The van der Waals surface area contributed by atoms with Crippen LogP contribution in [0.5, 0.6) is 5.75 Å². The van der Waals surface area contributed by atoms with E-state index in [1.54, 1.807) is 7.11 Å². The van der Waals surface area contributed by atoms with E-state index >= 15 is 0 Å². The molecular weight excluding hydrogens is 279 g/mol. The highest BCUT2D eigenvalue weighted by Gasteiger charge is 2.41. The molecule has 1 N–H and O–H groups in total. The molecule has 0 aromatic heterocycles. The third-order valence-electron chi connectivity index (χ3n) is 4.16. The van der Waals surface area contributed by atoms with Crippen molar-refractivity contribution in [3.63, 3.8) is 0 Å². The lowest BCUT2D eigenvalue weighted by molar-refractivity contribution is -0.183. The summed E-state index contributed by atoms with van der Waals surface area (Å²) in [5.41, 5.74) is 1.08. The lowest BCUT2D eigenvalue weighted by Gasteiger charge is -2.31. The molecule has 21 heavy (non-hydrogen) atoms. The van der Waals surface area contributed by atoms with Gasteiger partial charge in [-0.3, -0.25) is 0 Å². The molecule has 2 unspecified atom stereocenters. The lowest BCUT2D eigenvalue weighted by Crippen LogP contribution is -2.39. The molecule has 1 aliphatic carbocycles. The minimum Gasteiger partial charge on any atom is -0.496 e. The van der Waals surface area contributed by atoms with E-state index in [9.17, 15) is 13.2 Å². The third kappa shape index (κ3) is 4.63. The van der Waals surface area contributed by atoms with Gasteiger partial charge in [0.15, 0.2) is 0 Å². The van der Waals surface area contributed by atoms with Crippen LogP contribution in [0.25, 0.3) is 0 Å². The van der Waals surface area contributed by atoms with Crippen LogP contribution in [-0.2, 0) is 6.42 Å². The van der Waals surface area contributed by atoms with Crippen molar-refractivity contribution < 1.29 is 17.9 Å². The molecule has 0 amide bonds. The Morgan fingerprint density at radius 2 is 2.00 bits per heavy atom. The van der Waals surface area contributed by atoms with Gasteiger partial charge in [0, 0.05) is 6.04 Å². The first-order valence-corrected chi connectivity index (χ1v) is 7.42. The van der Waals surface area contributed by atoms with Crippen molar-refractivity contribution in [1.29, 1.82) is 0 Å². The standard InChI is InChI=1S/C16H22F3NO/c1-21-15-8-3-2-5-12(15)9-10-20-14-7-4-6-13(11-14)16(17,18)19/h2-3,5,8,13-14,20H,4,6-7,9-11H2,1H3. The van der Waals surface area contributed by atoms with E-state index in [1.165, 1.54) is 0 Å². The van der Waals surface area contributed by atoms with E-state index in [0.717, 1.165) is 24.2 Å². The average molecular weight is 301 g/mol. The number of hydrogen-bond donors (Lipinski definition) is 1. The van der Waals surface area contributed by atoms with Gasteiger partial charge in [-0.25, -0.2) is 0 Å². The summed E-state index contributed by atoms with van der Waals surface area (Å²) in [4.78, 5) is 0. The second kappa shape index (κ2) is 7.16. The van der Waals surface area contributed by atoms with Gasteiger partial charge < -0.3 is 10.1 Å². The van der Waals surface area contributed by atoms with Crippen molar-refractivity contribution >= 4 is 0 Å². The Morgan fingerprint density at radius 3 is 2.71 bits per heavy atom. The molecule has 0 spiro atoms. The van der Waals surface area contributed by atoms with Crippen LogP contribution in [0.2, 0.25) is 0 Å². The smallest absolute Gasteiger partial charge is 0.391 e. The fourth-order valence-electron chi connectivity index (χ4n) is 2.99. The molecule has 0 radical (unpaired) electrons. The molecule has 0 saturated heterocycles. The van der Waals surface area contributed by atoms with E-state index in [0.29, 0.717) is 13.0 Å². The van der Waals surface area contributed by atoms with Gasteiger partial charge in [-0.2, -0.15) is 13.2 Å². The highest BCUT2D eigenvalue weighted by atomic mass is 19.4. The van der Waals surface area contributed by atoms with Crippen LogP contribution in [0, 0.1) is 5.92 Å². The number of nitrogens with one attached hydrogen (secondary N) is 1. The van der Waals surface area contributed by atoms with Gasteiger partial charge in [-0.15, -0.1) is 0 Å². The Bertz CT molecular complexity index is 447. The van der Waals surface area contributed by atoms with Crippen LogP contribution in [0.4, 0.5) is 13.2 Å². The van der Waals surface area contributed by atoms with Gasteiger partial charge in [0.1, 0.15) is 5.75 Å². The first-order valence-electron chi connectivity index (χ1n) is 7.42. The normalized spacial score (nSPS) is 23.0. The number of methoxy groups -OCH3 is 1. The minimum absolute atomic E-state index is 0.0277. The van der Waals surface area contributed by atoms with E-state index < -0.39 is 12.1 Å². The van der Waals surface area contributed by atoms with Crippen LogP contribution < -0.4 is 10.1 Å². The summed E-state index contributed by atoms with van der Waals surface area (Å²) in [6.07, 6.45) is -1.33. The molecule has 2 atom stereocenters. The Balaban J connectivity index is 1.80. The molecule has 1 fully saturated rings. The summed E-state index contributed by atoms with van der Waals surface area (Å²) in [7, 11) is 1.63. The number of ether oxygens (including phenoxy) is 1. The largest absolute Gasteiger partial charge is 0.496 e. The van der Waals surface area contributed by atoms with E-state index in [-0.39, 0.29) is 18.9 Å². The maximum absolute atomic E-state index is 12.8. The molecule has 2 rings (SSSR count). The second-order valence-electron chi connectivity index (χ2n) is 5.62. The number of benzene rings is 1. The number of rotatable bonds is 5. The van der Waals surface area contributed by atoms with Gasteiger partial charge >= 0.3 is 6.18 Å². The predicted molar refractivity (Wildman–Crippen MR) is 76.5 cm³/mol. The minimum atomic E-state index is -4.05. The zero-order valence-electron chi connectivity index (χ0n) is 12.2. The summed E-state index contributed by atoms with van der Waals surface area (Å²) in [5, 5.41) is 3.27. The quantitative estimate of drug-likeness (QED) is 0.889. The van der Waals surface area contributed by atoms with Crippen LogP contribution in [0.15, 0.2) is 24.3 Å². The monoisotopic (exact) mass is 301 g/mol. The molecule has 0 aliphatic heterocycles. The van der Waals surface area contributed by atoms with E-state index in [2.05, 4.69) is 5.32 Å². The van der Waals surface area contributed by atoms with Crippen molar-refractivity contribution in [2.75, 3.05) is 13.7 Å². The first kappa shape index (κ1) is 16.1. The van der Waals surface area contributed by atoms with Gasteiger partial charge in [0.2, 0.25) is 0 Å². The Kier molecular flexibility index (Phi) is 5.51.